The Kier molecular flexibility index (Phi) is 5.53. The molecule has 0 N–H and O–H groups in total. The number of carbonyl (C=O) groups is 1. The van der Waals surface area contributed by atoms with Crippen LogP contribution in [0.2, 0.25) is 0 Å². The molecule has 2 aromatic rings. The summed E-state index contributed by atoms with van der Waals surface area (Å²) in [7, 11) is 0. The van der Waals surface area contributed by atoms with Gasteiger partial charge in [0, 0.05) is 12.6 Å². The summed E-state index contributed by atoms with van der Waals surface area (Å²) in [6.45, 7) is 6.09. The van der Waals surface area contributed by atoms with Gasteiger partial charge in [-0.05, 0) is 56.1 Å². The van der Waals surface area contributed by atoms with Crippen molar-refractivity contribution in [2.24, 2.45) is 0 Å². The minimum absolute atomic E-state index is 0.106. The molecule has 0 radical (unpaired) electrons. The number of furan rings is 1. The van der Waals surface area contributed by atoms with E-state index >= 15 is 0 Å². The minimum Gasteiger partial charge on any atom is -0.464 e. The zero-order valence-corrected chi connectivity index (χ0v) is 14.9. The van der Waals surface area contributed by atoms with E-state index in [1.807, 2.05) is 41.8 Å². The van der Waals surface area contributed by atoms with Crippen LogP contribution in [0.5, 0.6) is 0 Å². The van der Waals surface area contributed by atoms with E-state index in [1.54, 1.807) is 6.07 Å². The van der Waals surface area contributed by atoms with Gasteiger partial charge < -0.3 is 9.32 Å². The summed E-state index contributed by atoms with van der Waals surface area (Å²) in [6, 6.07) is 10.7. The molecule has 1 fully saturated rings. The van der Waals surface area contributed by atoms with Crippen molar-refractivity contribution < 1.29 is 13.6 Å². The van der Waals surface area contributed by atoms with Gasteiger partial charge in [-0.25, -0.2) is 4.39 Å². The lowest BCUT2D eigenvalue weighted by Crippen LogP contribution is -2.41. The van der Waals surface area contributed by atoms with Crippen molar-refractivity contribution in [3.63, 3.8) is 0 Å². The Labute approximate surface area is 148 Å². The van der Waals surface area contributed by atoms with Gasteiger partial charge in [-0.1, -0.05) is 19.1 Å². The maximum Gasteiger partial charge on any atom is 0.237 e. The average molecular weight is 344 g/mol. The Morgan fingerprint density at radius 2 is 2.04 bits per heavy atom. The van der Waals surface area contributed by atoms with E-state index in [-0.39, 0.29) is 11.7 Å². The van der Waals surface area contributed by atoms with Crippen molar-refractivity contribution in [2.45, 2.75) is 45.8 Å². The van der Waals surface area contributed by atoms with Crippen molar-refractivity contribution >= 4 is 5.91 Å². The second-order valence-electron chi connectivity index (χ2n) is 6.70. The zero-order chi connectivity index (χ0) is 17.8. The van der Waals surface area contributed by atoms with Crippen molar-refractivity contribution in [1.29, 1.82) is 0 Å². The van der Waals surface area contributed by atoms with Crippen molar-refractivity contribution in [2.75, 3.05) is 13.1 Å². The van der Waals surface area contributed by atoms with Crippen LogP contribution in [0.1, 0.15) is 36.8 Å². The summed E-state index contributed by atoms with van der Waals surface area (Å²) in [5, 5.41) is 0. The highest BCUT2D eigenvalue weighted by molar-refractivity contribution is 5.79. The van der Waals surface area contributed by atoms with Crippen LogP contribution in [0.15, 0.2) is 40.8 Å². The molecule has 0 unspecified atom stereocenters. The van der Waals surface area contributed by atoms with E-state index in [0.29, 0.717) is 25.7 Å². The summed E-state index contributed by atoms with van der Waals surface area (Å²) in [5.41, 5.74) is 0.884. The van der Waals surface area contributed by atoms with Crippen molar-refractivity contribution in [1.82, 2.24) is 9.80 Å². The molecule has 1 aromatic carbocycles. The van der Waals surface area contributed by atoms with Gasteiger partial charge in [-0.3, -0.25) is 9.69 Å². The zero-order valence-electron chi connectivity index (χ0n) is 14.9. The topological polar surface area (TPSA) is 36.7 Å². The van der Waals surface area contributed by atoms with E-state index in [9.17, 15) is 9.18 Å². The molecule has 0 spiro atoms. The molecule has 25 heavy (non-hydrogen) atoms. The van der Waals surface area contributed by atoms with E-state index in [2.05, 4.69) is 0 Å². The van der Waals surface area contributed by atoms with Gasteiger partial charge in [0.1, 0.15) is 17.3 Å². The SMILES string of the molecule is CCN(CC(=O)N(Cc1ccc(C)o1)C1CC1)Cc1cccc(F)c1. The molecule has 1 aliphatic rings. The largest absolute Gasteiger partial charge is 0.464 e. The van der Waals surface area contributed by atoms with Gasteiger partial charge in [0.2, 0.25) is 5.91 Å². The molecular formula is C20H25FN2O2. The van der Waals surface area contributed by atoms with Crippen molar-refractivity contribution in [3.8, 4) is 0 Å². The van der Waals surface area contributed by atoms with E-state index in [0.717, 1.165) is 36.5 Å². The second kappa shape index (κ2) is 7.83. The van der Waals surface area contributed by atoms with Crippen LogP contribution in [0.25, 0.3) is 0 Å². The first-order valence-corrected chi connectivity index (χ1v) is 8.86. The quantitative estimate of drug-likeness (QED) is 0.732. The second-order valence-corrected chi connectivity index (χ2v) is 6.70. The lowest BCUT2D eigenvalue weighted by molar-refractivity contribution is -0.134. The summed E-state index contributed by atoms with van der Waals surface area (Å²) in [4.78, 5) is 16.8. The van der Waals surface area contributed by atoms with Gasteiger partial charge >= 0.3 is 0 Å². The summed E-state index contributed by atoms with van der Waals surface area (Å²) < 4.78 is 19.0. The molecular weight excluding hydrogens is 319 g/mol. The molecule has 1 saturated carbocycles. The number of aryl methyl sites for hydroxylation is 1. The molecule has 5 heteroatoms. The fourth-order valence-electron chi connectivity index (χ4n) is 3.00. The third-order valence-electron chi connectivity index (χ3n) is 4.53. The number of nitrogens with zero attached hydrogens (tertiary/aromatic N) is 2. The lowest BCUT2D eigenvalue weighted by Gasteiger charge is -2.26. The Hall–Kier alpha value is -2.14. The normalized spacial score (nSPS) is 14.1. The number of rotatable bonds is 8. The number of hydrogen-bond acceptors (Lipinski definition) is 3. The Morgan fingerprint density at radius 1 is 1.24 bits per heavy atom. The van der Waals surface area contributed by atoms with Crippen molar-refractivity contribution in [3.05, 3.63) is 59.3 Å². The van der Waals surface area contributed by atoms with E-state index in [1.165, 1.54) is 12.1 Å². The maximum absolute atomic E-state index is 13.4. The smallest absolute Gasteiger partial charge is 0.237 e. The number of halogens is 1. The lowest BCUT2D eigenvalue weighted by atomic mass is 10.2. The monoisotopic (exact) mass is 344 g/mol. The number of hydrogen-bond donors (Lipinski definition) is 0. The standard InChI is InChI=1S/C20H25FN2O2/c1-3-22(12-16-5-4-6-17(21)11-16)14-20(24)23(18-8-9-18)13-19-10-7-15(2)25-19/h4-7,10-11,18H,3,8-9,12-14H2,1-2H3. The number of amides is 1. The average Bonchev–Trinajstić information content (AvgIpc) is 3.34. The molecule has 0 bridgehead atoms. The summed E-state index contributed by atoms with van der Waals surface area (Å²) in [5.74, 6) is 1.55. The van der Waals surface area contributed by atoms with Gasteiger partial charge in [-0.15, -0.1) is 0 Å². The van der Waals surface area contributed by atoms with Crippen LogP contribution in [0.4, 0.5) is 4.39 Å². The van der Waals surface area contributed by atoms with Crippen LogP contribution in [-0.2, 0) is 17.9 Å². The number of benzene rings is 1. The molecule has 1 heterocycles. The minimum atomic E-state index is -0.243. The maximum atomic E-state index is 13.4. The third kappa shape index (κ3) is 4.92. The third-order valence-corrected chi connectivity index (χ3v) is 4.53. The highest BCUT2D eigenvalue weighted by Gasteiger charge is 2.33. The van der Waals surface area contributed by atoms with Gasteiger partial charge in [-0.2, -0.15) is 0 Å². The molecule has 3 rings (SSSR count). The molecule has 134 valence electrons. The highest BCUT2D eigenvalue weighted by Crippen LogP contribution is 2.29. The Morgan fingerprint density at radius 3 is 2.64 bits per heavy atom. The van der Waals surface area contributed by atoms with E-state index < -0.39 is 0 Å². The molecule has 1 amide bonds. The molecule has 1 aliphatic carbocycles. The first kappa shape index (κ1) is 17.7. The molecule has 4 nitrogen and oxygen atoms in total. The van der Waals surface area contributed by atoms with E-state index in [4.69, 9.17) is 4.42 Å². The van der Waals surface area contributed by atoms with Gasteiger partial charge in [0.05, 0.1) is 13.1 Å². The van der Waals surface area contributed by atoms with Crippen LogP contribution in [0, 0.1) is 12.7 Å². The highest BCUT2D eigenvalue weighted by atomic mass is 19.1. The first-order valence-electron chi connectivity index (χ1n) is 8.86. The van der Waals surface area contributed by atoms with Crippen LogP contribution in [0.3, 0.4) is 0 Å². The Bertz CT molecular complexity index is 724. The van der Waals surface area contributed by atoms with Crippen LogP contribution in [-0.4, -0.2) is 34.8 Å². The molecule has 0 aliphatic heterocycles. The van der Waals surface area contributed by atoms with Gasteiger partial charge in [0.25, 0.3) is 0 Å². The predicted molar refractivity (Wildman–Crippen MR) is 94.4 cm³/mol. The Balaban J connectivity index is 1.62. The van der Waals surface area contributed by atoms with Crippen LogP contribution < -0.4 is 0 Å². The first-order chi connectivity index (χ1) is 12.0. The molecule has 1 aromatic heterocycles. The molecule has 0 saturated heterocycles. The predicted octanol–water partition coefficient (Wildman–Crippen LogP) is 3.74. The van der Waals surface area contributed by atoms with Gasteiger partial charge in [0.15, 0.2) is 0 Å². The molecule has 0 atom stereocenters. The fourth-order valence-corrected chi connectivity index (χ4v) is 3.00. The fraction of sp³-hybridized carbons (Fsp3) is 0.450. The number of carbonyl (C=O) groups excluding carboxylic acids is 1. The number of likely N-dealkylation sites (N-methyl/N-ethyl adjacent to an activating group) is 1. The summed E-state index contributed by atoms with van der Waals surface area (Å²) in [6.07, 6.45) is 2.11. The summed E-state index contributed by atoms with van der Waals surface area (Å²) >= 11 is 0. The van der Waals surface area contributed by atoms with Crippen LogP contribution >= 0.6 is 0 Å².